The normalized spacial score (nSPS) is 11.3. The molecule has 0 saturated heterocycles. The molecule has 0 bridgehead atoms. The van der Waals surface area contributed by atoms with Crippen molar-refractivity contribution in [3.05, 3.63) is 116 Å². The van der Waals surface area contributed by atoms with Crippen molar-refractivity contribution in [2.75, 3.05) is 19.0 Å². The Balaban J connectivity index is 1.31. The lowest BCUT2D eigenvalue weighted by Crippen LogP contribution is -2.21. The van der Waals surface area contributed by atoms with Crippen molar-refractivity contribution in [2.24, 2.45) is 5.10 Å². The second-order valence-electron chi connectivity index (χ2n) is 9.31. The van der Waals surface area contributed by atoms with Crippen LogP contribution in [0.2, 0.25) is 0 Å². The number of anilines is 1. The first-order valence-corrected chi connectivity index (χ1v) is 14.1. The number of carbonyl (C=O) groups is 1. The van der Waals surface area contributed by atoms with Crippen LogP contribution in [0.5, 0.6) is 11.5 Å². The molecule has 11 heteroatoms. The molecule has 0 spiro atoms. The van der Waals surface area contributed by atoms with E-state index in [1.54, 1.807) is 36.4 Å². The highest BCUT2D eigenvalue weighted by Crippen LogP contribution is 2.34. The van der Waals surface area contributed by atoms with Gasteiger partial charge in [-0.3, -0.25) is 9.59 Å². The number of methoxy groups -OCH3 is 1. The van der Waals surface area contributed by atoms with E-state index in [2.05, 4.69) is 33.0 Å². The third-order valence-corrected chi connectivity index (χ3v) is 7.27. The van der Waals surface area contributed by atoms with Gasteiger partial charge in [-0.25, -0.2) is 9.37 Å². The molecule has 9 nitrogen and oxygen atoms in total. The van der Waals surface area contributed by atoms with Crippen molar-refractivity contribution < 1.29 is 23.1 Å². The van der Waals surface area contributed by atoms with Gasteiger partial charge in [0.05, 0.1) is 33.5 Å². The van der Waals surface area contributed by atoms with E-state index in [-0.39, 0.29) is 23.7 Å². The summed E-state index contributed by atoms with van der Waals surface area (Å²) in [4.78, 5) is 30.7. The van der Waals surface area contributed by atoms with Gasteiger partial charge in [-0.1, -0.05) is 42.5 Å². The highest BCUT2D eigenvalue weighted by atomic mass is 127. The molecule has 6 rings (SSSR count). The second kappa shape index (κ2) is 12.1. The molecule has 4 aromatic carbocycles. The molecule has 43 heavy (non-hydrogen) atoms. The number of hydrogen-bond donors (Lipinski definition) is 1. The van der Waals surface area contributed by atoms with Gasteiger partial charge in [0.1, 0.15) is 11.4 Å². The topological polar surface area (TPSA) is 108 Å². The Hall–Kier alpha value is -5.04. The number of hydrogen-bond acceptors (Lipinski definition) is 7. The van der Waals surface area contributed by atoms with E-state index in [0.717, 1.165) is 5.39 Å². The minimum atomic E-state index is -0.546. The van der Waals surface area contributed by atoms with Crippen LogP contribution in [0.4, 0.5) is 10.1 Å². The van der Waals surface area contributed by atoms with E-state index in [1.165, 1.54) is 36.2 Å². The standard InChI is InChI=1S/C32H22FIN4O5/c1-41-27-15-19(14-23(34)30(27)42-18-29(39)36-25-12-6-4-10-22(25)33)17-35-38-31(28-16-20-8-2-7-13-26(20)43-28)37-24-11-5-3-9-21(24)32(38)40/h2-17H,18H2,1H3,(H,36,39). The van der Waals surface area contributed by atoms with E-state index >= 15 is 0 Å². The average Bonchev–Trinajstić information content (AvgIpc) is 3.45. The third kappa shape index (κ3) is 5.84. The van der Waals surface area contributed by atoms with Crippen LogP contribution in [0.15, 0.2) is 105 Å². The minimum absolute atomic E-state index is 0.0600. The molecular weight excluding hydrogens is 666 g/mol. The first-order valence-electron chi connectivity index (χ1n) is 13.0. The highest BCUT2D eigenvalue weighted by Gasteiger charge is 2.17. The van der Waals surface area contributed by atoms with E-state index < -0.39 is 11.7 Å². The Labute approximate surface area is 257 Å². The number of nitrogens with one attached hydrogen (secondary N) is 1. The van der Waals surface area contributed by atoms with Crippen molar-refractivity contribution in [1.82, 2.24) is 9.66 Å². The van der Waals surface area contributed by atoms with Crippen molar-refractivity contribution in [2.45, 2.75) is 0 Å². The fraction of sp³-hybridized carbons (Fsp3) is 0.0625. The van der Waals surface area contributed by atoms with Gasteiger partial charge in [0.25, 0.3) is 11.5 Å². The Morgan fingerprint density at radius 2 is 1.84 bits per heavy atom. The molecule has 1 N–H and O–H groups in total. The number of ether oxygens (including phenoxy) is 2. The summed E-state index contributed by atoms with van der Waals surface area (Å²) in [5, 5.41) is 8.26. The molecule has 0 aliphatic heterocycles. The molecule has 2 heterocycles. The molecule has 0 atom stereocenters. The van der Waals surface area contributed by atoms with E-state index in [4.69, 9.17) is 18.9 Å². The van der Waals surface area contributed by atoms with Crippen LogP contribution in [-0.4, -0.2) is 35.5 Å². The summed E-state index contributed by atoms with van der Waals surface area (Å²) in [6, 6.07) is 25.7. The number of furan rings is 1. The maximum Gasteiger partial charge on any atom is 0.282 e. The first kappa shape index (κ1) is 28.1. The summed E-state index contributed by atoms with van der Waals surface area (Å²) in [6.07, 6.45) is 1.50. The zero-order chi connectivity index (χ0) is 29.9. The summed E-state index contributed by atoms with van der Waals surface area (Å²) in [6.45, 7) is -0.368. The Kier molecular flexibility index (Phi) is 7.88. The zero-order valence-electron chi connectivity index (χ0n) is 22.6. The number of para-hydroxylation sites is 3. The van der Waals surface area contributed by atoms with Gasteiger partial charge in [-0.05, 0) is 76.7 Å². The van der Waals surface area contributed by atoms with Crippen LogP contribution < -0.4 is 20.3 Å². The van der Waals surface area contributed by atoms with Crippen molar-refractivity contribution in [1.29, 1.82) is 0 Å². The van der Waals surface area contributed by atoms with Crippen LogP contribution in [-0.2, 0) is 4.79 Å². The number of fused-ring (bicyclic) bond motifs is 2. The van der Waals surface area contributed by atoms with Gasteiger partial charge in [0.15, 0.2) is 23.9 Å². The lowest BCUT2D eigenvalue weighted by Gasteiger charge is -2.14. The van der Waals surface area contributed by atoms with Crippen molar-refractivity contribution >= 4 is 62.3 Å². The predicted molar refractivity (Wildman–Crippen MR) is 170 cm³/mol. The fourth-order valence-corrected chi connectivity index (χ4v) is 5.23. The molecule has 0 radical (unpaired) electrons. The van der Waals surface area contributed by atoms with Gasteiger partial charge < -0.3 is 19.2 Å². The number of carbonyl (C=O) groups excluding carboxylic acids is 1. The van der Waals surface area contributed by atoms with Crippen LogP contribution >= 0.6 is 22.6 Å². The van der Waals surface area contributed by atoms with E-state index in [1.807, 2.05) is 36.4 Å². The highest BCUT2D eigenvalue weighted by molar-refractivity contribution is 14.1. The number of benzene rings is 4. The molecule has 6 aromatic rings. The van der Waals surface area contributed by atoms with Crippen molar-refractivity contribution in [3.8, 4) is 23.1 Å². The Morgan fingerprint density at radius 3 is 2.65 bits per heavy atom. The zero-order valence-corrected chi connectivity index (χ0v) is 24.7. The summed E-state index contributed by atoms with van der Waals surface area (Å²) < 4.78 is 33.0. The SMILES string of the molecule is COc1cc(C=Nn2c(-c3cc4ccccc4o3)nc3ccccc3c2=O)cc(I)c1OCC(=O)Nc1ccccc1F. The van der Waals surface area contributed by atoms with E-state index in [0.29, 0.717) is 42.9 Å². The van der Waals surface area contributed by atoms with Crippen LogP contribution in [0.25, 0.3) is 33.5 Å². The fourth-order valence-electron chi connectivity index (χ4n) is 4.45. The second-order valence-corrected chi connectivity index (χ2v) is 10.5. The largest absolute Gasteiger partial charge is 0.493 e. The van der Waals surface area contributed by atoms with Crippen LogP contribution in [0.1, 0.15) is 5.56 Å². The summed E-state index contributed by atoms with van der Waals surface area (Å²) >= 11 is 2.05. The average molecular weight is 688 g/mol. The maximum absolute atomic E-state index is 13.9. The number of amides is 1. The predicted octanol–water partition coefficient (Wildman–Crippen LogP) is 6.46. The molecule has 0 fully saturated rings. The van der Waals surface area contributed by atoms with E-state index in [9.17, 15) is 14.0 Å². The van der Waals surface area contributed by atoms with Gasteiger partial charge in [-0.2, -0.15) is 9.78 Å². The molecule has 214 valence electrons. The van der Waals surface area contributed by atoms with Gasteiger partial charge in [0, 0.05) is 5.39 Å². The summed E-state index contributed by atoms with van der Waals surface area (Å²) in [7, 11) is 1.47. The van der Waals surface area contributed by atoms with Gasteiger partial charge in [0.2, 0.25) is 5.82 Å². The molecule has 0 saturated carbocycles. The number of nitrogens with zero attached hydrogens (tertiary/aromatic N) is 3. The molecule has 2 aromatic heterocycles. The van der Waals surface area contributed by atoms with Crippen LogP contribution in [0, 0.1) is 9.39 Å². The van der Waals surface area contributed by atoms with Gasteiger partial charge in [-0.15, -0.1) is 0 Å². The minimum Gasteiger partial charge on any atom is -0.493 e. The Morgan fingerprint density at radius 1 is 1.07 bits per heavy atom. The lowest BCUT2D eigenvalue weighted by atomic mass is 10.2. The number of aromatic nitrogens is 2. The quantitative estimate of drug-likeness (QED) is 0.145. The van der Waals surface area contributed by atoms with Crippen LogP contribution in [0.3, 0.4) is 0 Å². The molecule has 1 amide bonds. The first-order chi connectivity index (χ1) is 20.9. The summed E-state index contributed by atoms with van der Waals surface area (Å²) in [5.74, 6) is 0.236. The molecule has 0 aliphatic rings. The smallest absolute Gasteiger partial charge is 0.282 e. The molecule has 0 aliphatic carbocycles. The van der Waals surface area contributed by atoms with Crippen molar-refractivity contribution in [3.63, 3.8) is 0 Å². The molecular formula is C32H22FIN4O5. The monoisotopic (exact) mass is 688 g/mol. The Bertz CT molecular complexity index is 2060. The molecule has 0 unspecified atom stereocenters. The lowest BCUT2D eigenvalue weighted by molar-refractivity contribution is -0.118. The van der Waals surface area contributed by atoms with Gasteiger partial charge >= 0.3 is 0 Å². The summed E-state index contributed by atoms with van der Waals surface area (Å²) in [5.41, 5.74) is 1.48. The third-order valence-electron chi connectivity index (χ3n) is 6.47. The maximum atomic E-state index is 13.9. The number of halogens is 2. The number of rotatable bonds is 8.